The number of aryl methyl sites for hydroxylation is 1. The first-order valence-corrected chi connectivity index (χ1v) is 41.5. The van der Waals surface area contributed by atoms with Crippen molar-refractivity contribution >= 4 is 218 Å². The van der Waals surface area contributed by atoms with Gasteiger partial charge in [-0.25, -0.2) is 0 Å². The lowest BCUT2D eigenvalue weighted by atomic mass is 10.0. The highest BCUT2D eigenvalue weighted by Gasteiger charge is 2.16. The van der Waals surface area contributed by atoms with Crippen molar-refractivity contribution < 1.29 is 13.3 Å². The Morgan fingerprint density at radius 1 is 0.185 bits per heavy atom. The highest BCUT2D eigenvalue weighted by atomic mass is 32.1. The van der Waals surface area contributed by atoms with Crippen molar-refractivity contribution in [2.45, 2.75) is 6.92 Å². The Morgan fingerprint density at radius 2 is 0.563 bits per heavy atom. The van der Waals surface area contributed by atoms with Gasteiger partial charge in [0.1, 0.15) is 33.5 Å². The summed E-state index contributed by atoms with van der Waals surface area (Å²) in [5.41, 5.74) is 20.1. The first-order valence-electron chi connectivity index (χ1n) is 39.9. The summed E-state index contributed by atoms with van der Waals surface area (Å²) in [5, 5.41) is 37.4. The molecule has 24 rings (SSSR count). The molecule has 24 aromatic rings. The molecule has 0 aliphatic rings. The zero-order valence-corrected chi connectivity index (χ0v) is 66.5. The van der Waals surface area contributed by atoms with Gasteiger partial charge in [0.25, 0.3) is 0 Å². The van der Waals surface area contributed by atoms with Crippen LogP contribution in [0.15, 0.2) is 432 Å². The SMILES string of the molecule is Cc1cccc2sc3cc(Nc4ccccc4)ccc3c12.c1ccc(-c2cccc(Nc3ccc4c(c3)oc3ccccc34)c2)cc1.c1ccc(Nc2ccc3c(c2)sc2ccc4ccccc4c23)cc1.c1ccc(Nc2ccc3oc4ccc5ccccc5c4c3c2)cc1.c1ccc2c(Nc3ccc4oc5ccccc5c4c3)cccc2c1. The molecule has 0 aliphatic heterocycles. The van der Waals surface area contributed by atoms with Crippen LogP contribution >= 0.6 is 22.7 Å². The van der Waals surface area contributed by atoms with Gasteiger partial charge in [0, 0.05) is 141 Å². The quantitative estimate of drug-likeness (QED) is 0.0874. The molecule has 5 heterocycles. The van der Waals surface area contributed by atoms with Crippen LogP contribution in [0.1, 0.15) is 5.56 Å². The first kappa shape index (κ1) is 72.7. The molecular formula is C109H77N5O3S2. The van der Waals surface area contributed by atoms with Crippen LogP contribution in [0.25, 0.3) is 150 Å². The van der Waals surface area contributed by atoms with E-state index >= 15 is 0 Å². The van der Waals surface area contributed by atoms with Crippen molar-refractivity contribution in [1.29, 1.82) is 0 Å². The minimum atomic E-state index is 0.899. The molecule has 119 heavy (non-hydrogen) atoms. The summed E-state index contributed by atoms with van der Waals surface area (Å²) < 4.78 is 23.3. The molecule has 568 valence electrons. The maximum atomic E-state index is 6.04. The number of fused-ring (bicyclic) bond motifs is 20. The third kappa shape index (κ3) is 15.4. The highest BCUT2D eigenvalue weighted by Crippen LogP contribution is 2.43. The second-order valence-corrected chi connectivity index (χ2v) is 31.7. The molecule has 19 aromatic carbocycles. The molecular weight excluding hydrogens is 1490 g/mol. The second-order valence-electron chi connectivity index (χ2n) is 29.5. The standard InChI is InChI=1S/C24H17NO.2C22H15NO.C22H15NS.C19H15NS/c1-2-7-17(8-3-1)18-9-6-10-19(15-18)25-20-13-14-22-21-11-4-5-12-23(21)26-24(22)16-20;1-2-8-17-15(6-1)7-5-10-20(17)23-16-12-13-22-19(14-16)18-9-3-4-11-21(18)24-22;1-2-7-16(8-3-1)23-17-11-13-20-19(14-17)22-18-9-5-4-6-15(18)10-12-21(22)24-20;1-2-7-16(8-3-1)23-17-11-12-19-21(14-17)24-20-13-10-15-6-4-5-9-18(15)22(19)20;1-13-6-5-9-17-19(13)16-11-10-15(12-18(16)21-17)20-14-7-3-2-4-8-14/h1-16,25H;3*1-14,23H;2-12,20H,1H3. The lowest BCUT2D eigenvalue weighted by Gasteiger charge is -2.10. The third-order valence-corrected chi connectivity index (χ3v) is 23.9. The first-order chi connectivity index (χ1) is 58.8. The number of rotatable bonds is 11. The molecule has 0 unspecified atom stereocenters. The van der Waals surface area contributed by atoms with Gasteiger partial charge in [0.15, 0.2) is 0 Å². The Hall–Kier alpha value is -15.2. The van der Waals surface area contributed by atoms with E-state index in [4.69, 9.17) is 13.3 Å². The van der Waals surface area contributed by atoms with Crippen LogP contribution in [-0.4, -0.2) is 0 Å². The minimum absolute atomic E-state index is 0.899. The topological polar surface area (TPSA) is 99.6 Å². The number of benzene rings is 19. The zero-order chi connectivity index (χ0) is 79.4. The molecule has 5 N–H and O–H groups in total. The Morgan fingerprint density at radius 3 is 1.20 bits per heavy atom. The zero-order valence-electron chi connectivity index (χ0n) is 64.9. The van der Waals surface area contributed by atoms with Crippen molar-refractivity contribution in [2.75, 3.05) is 26.6 Å². The van der Waals surface area contributed by atoms with E-state index < -0.39 is 0 Å². The number of hydrogen-bond donors (Lipinski definition) is 5. The molecule has 0 saturated carbocycles. The largest absolute Gasteiger partial charge is 0.456 e. The monoisotopic (exact) mass is 1570 g/mol. The molecule has 8 nitrogen and oxygen atoms in total. The molecule has 0 atom stereocenters. The van der Waals surface area contributed by atoms with Crippen molar-refractivity contribution in [3.8, 4) is 11.1 Å². The third-order valence-electron chi connectivity index (χ3n) is 21.7. The predicted octanol–water partition coefficient (Wildman–Crippen LogP) is 33.0. The average molecular weight is 1570 g/mol. The minimum Gasteiger partial charge on any atom is -0.456 e. The number of anilines is 10. The number of thiophene rings is 2. The molecule has 0 radical (unpaired) electrons. The van der Waals surface area contributed by atoms with Crippen molar-refractivity contribution in [1.82, 2.24) is 0 Å². The van der Waals surface area contributed by atoms with Gasteiger partial charge in [-0.2, -0.15) is 0 Å². The Kier molecular flexibility index (Phi) is 19.9. The molecule has 5 aromatic heterocycles. The summed E-state index contributed by atoms with van der Waals surface area (Å²) >= 11 is 3.72. The molecule has 0 bridgehead atoms. The van der Waals surface area contributed by atoms with E-state index in [0.717, 1.165) is 117 Å². The van der Waals surface area contributed by atoms with E-state index in [1.807, 2.05) is 132 Å². The molecule has 0 aliphatic carbocycles. The summed E-state index contributed by atoms with van der Waals surface area (Å²) in [5.74, 6) is 0. The van der Waals surface area contributed by atoms with E-state index in [-0.39, 0.29) is 0 Å². The van der Waals surface area contributed by atoms with Crippen LogP contribution in [-0.2, 0) is 0 Å². The van der Waals surface area contributed by atoms with Crippen LogP contribution in [0.3, 0.4) is 0 Å². The van der Waals surface area contributed by atoms with Gasteiger partial charge in [0.2, 0.25) is 0 Å². The summed E-state index contributed by atoms with van der Waals surface area (Å²) in [6, 6.07) is 145. The maximum Gasteiger partial charge on any atom is 0.137 e. The average Bonchev–Trinajstić information content (AvgIpc) is 1.63. The van der Waals surface area contributed by atoms with E-state index in [0.29, 0.717) is 0 Å². The van der Waals surface area contributed by atoms with Crippen LogP contribution < -0.4 is 26.6 Å². The lowest BCUT2D eigenvalue weighted by molar-refractivity contribution is 0.668. The fourth-order valence-electron chi connectivity index (χ4n) is 16.1. The van der Waals surface area contributed by atoms with E-state index in [9.17, 15) is 0 Å². The molecule has 0 amide bonds. The van der Waals surface area contributed by atoms with Gasteiger partial charge >= 0.3 is 0 Å². The molecule has 0 spiro atoms. The predicted molar refractivity (Wildman–Crippen MR) is 511 cm³/mol. The molecule has 10 heteroatoms. The van der Waals surface area contributed by atoms with Crippen molar-refractivity contribution in [3.63, 3.8) is 0 Å². The van der Waals surface area contributed by atoms with Gasteiger partial charge in [-0.15, -0.1) is 22.7 Å². The van der Waals surface area contributed by atoms with Crippen molar-refractivity contribution in [2.24, 2.45) is 0 Å². The van der Waals surface area contributed by atoms with E-state index in [1.54, 1.807) is 0 Å². The highest BCUT2D eigenvalue weighted by molar-refractivity contribution is 7.26. The van der Waals surface area contributed by atoms with Crippen molar-refractivity contribution in [3.05, 3.63) is 424 Å². The summed E-state index contributed by atoms with van der Waals surface area (Å²) in [4.78, 5) is 0. The van der Waals surface area contributed by atoms with Crippen LogP contribution in [0.2, 0.25) is 0 Å². The summed E-state index contributed by atoms with van der Waals surface area (Å²) in [7, 11) is 0. The molecule has 0 fully saturated rings. The maximum absolute atomic E-state index is 6.04. The smallest absolute Gasteiger partial charge is 0.137 e. The van der Waals surface area contributed by atoms with Gasteiger partial charge < -0.3 is 39.8 Å². The Labute approximate surface area is 695 Å². The number of furan rings is 3. The summed E-state index contributed by atoms with van der Waals surface area (Å²) in [6.07, 6.45) is 0. The second kappa shape index (κ2) is 32.6. The number of nitrogens with one attached hydrogen (secondary N) is 5. The number of para-hydroxylation sites is 5. The van der Waals surface area contributed by atoms with Crippen LogP contribution in [0.5, 0.6) is 0 Å². The molecule has 0 saturated heterocycles. The van der Waals surface area contributed by atoms with Crippen LogP contribution in [0.4, 0.5) is 56.9 Å². The summed E-state index contributed by atoms with van der Waals surface area (Å²) in [6.45, 7) is 2.19. The van der Waals surface area contributed by atoms with Gasteiger partial charge in [-0.3, -0.25) is 0 Å². The lowest BCUT2D eigenvalue weighted by Crippen LogP contribution is -1.91. The Balaban J connectivity index is 0.0000000954. The fraction of sp³-hybridized carbons (Fsp3) is 0.00917. The van der Waals surface area contributed by atoms with Gasteiger partial charge in [0.05, 0.1) is 0 Å². The van der Waals surface area contributed by atoms with Crippen LogP contribution in [0, 0.1) is 6.92 Å². The van der Waals surface area contributed by atoms with E-state index in [1.165, 1.54) is 94.7 Å². The number of hydrogen-bond acceptors (Lipinski definition) is 10. The van der Waals surface area contributed by atoms with Gasteiger partial charge in [-0.1, -0.05) is 255 Å². The normalized spacial score (nSPS) is 11.2. The Bertz CT molecular complexity index is 7790. The van der Waals surface area contributed by atoms with Gasteiger partial charge in [-0.05, 0) is 208 Å². The van der Waals surface area contributed by atoms with E-state index in [2.05, 4.69) is 343 Å². The fourth-order valence-corrected chi connectivity index (χ4v) is 18.4.